The Bertz CT molecular complexity index is 519. The second-order valence-electron chi connectivity index (χ2n) is 6.49. The van der Waals surface area contributed by atoms with Gasteiger partial charge in [0.25, 0.3) is 0 Å². The van der Waals surface area contributed by atoms with Crippen LogP contribution >= 0.6 is 0 Å². The van der Waals surface area contributed by atoms with E-state index in [0.717, 1.165) is 16.8 Å². The number of rotatable bonds is 4. The van der Waals surface area contributed by atoms with Crippen molar-refractivity contribution in [3.05, 3.63) is 35.9 Å². The van der Waals surface area contributed by atoms with Crippen LogP contribution in [0.1, 0.15) is 40.2 Å². The first-order chi connectivity index (χ1) is 9.77. The molecule has 0 spiro atoms. The third kappa shape index (κ3) is 3.33. The summed E-state index contributed by atoms with van der Waals surface area (Å²) >= 11 is 0. The van der Waals surface area contributed by atoms with Crippen molar-refractivity contribution >= 4 is 12.6 Å². The van der Waals surface area contributed by atoms with Gasteiger partial charge in [0.2, 0.25) is 0 Å². The molecule has 114 valence electrons. The van der Waals surface area contributed by atoms with Gasteiger partial charge in [0.15, 0.2) is 0 Å². The van der Waals surface area contributed by atoms with E-state index in [1.165, 1.54) is 0 Å². The van der Waals surface area contributed by atoms with Crippen molar-refractivity contribution in [2.75, 3.05) is 6.61 Å². The van der Waals surface area contributed by atoms with Crippen molar-refractivity contribution in [3.8, 4) is 5.75 Å². The van der Waals surface area contributed by atoms with Gasteiger partial charge in [-0.25, -0.2) is 0 Å². The summed E-state index contributed by atoms with van der Waals surface area (Å²) in [7, 11) is -0.321. The Hall–Kier alpha value is -1.26. The second kappa shape index (κ2) is 5.86. The minimum Gasteiger partial charge on any atom is -0.489 e. The van der Waals surface area contributed by atoms with Crippen LogP contribution in [0.25, 0.3) is 0 Å². The van der Waals surface area contributed by atoms with Crippen LogP contribution in [0.4, 0.5) is 0 Å². The van der Waals surface area contributed by atoms with E-state index in [0.29, 0.717) is 6.61 Å². The predicted molar refractivity (Wildman–Crippen MR) is 87.2 cm³/mol. The van der Waals surface area contributed by atoms with E-state index in [9.17, 15) is 0 Å². The Kier molecular flexibility index (Phi) is 4.50. The molecule has 1 heterocycles. The summed E-state index contributed by atoms with van der Waals surface area (Å²) in [5, 5.41) is 0. The van der Waals surface area contributed by atoms with Crippen molar-refractivity contribution in [1.82, 2.24) is 0 Å². The van der Waals surface area contributed by atoms with E-state index < -0.39 is 0 Å². The quantitative estimate of drug-likeness (QED) is 0.629. The monoisotopic (exact) mass is 288 g/mol. The summed E-state index contributed by atoms with van der Waals surface area (Å²) in [5.41, 5.74) is 1.50. The summed E-state index contributed by atoms with van der Waals surface area (Å²) in [4.78, 5) is 0. The molecule has 0 radical (unpaired) electrons. The van der Waals surface area contributed by atoms with Crippen molar-refractivity contribution in [3.63, 3.8) is 0 Å². The molecule has 0 aromatic heterocycles. The molecule has 0 saturated carbocycles. The van der Waals surface area contributed by atoms with Crippen molar-refractivity contribution < 1.29 is 14.0 Å². The first-order valence-electron chi connectivity index (χ1n) is 7.47. The van der Waals surface area contributed by atoms with E-state index >= 15 is 0 Å². The molecule has 1 saturated heterocycles. The molecule has 21 heavy (non-hydrogen) atoms. The van der Waals surface area contributed by atoms with Crippen LogP contribution in [0, 0.1) is 6.92 Å². The third-order valence-electron chi connectivity index (χ3n) is 4.30. The normalized spacial score (nSPS) is 20.2. The van der Waals surface area contributed by atoms with Gasteiger partial charge in [0.05, 0.1) is 11.2 Å². The Morgan fingerprint density at radius 3 is 2.29 bits per heavy atom. The maximum atomic E-state index is 6.07. The third-order valence-corrected chi connectivity index (χ3v) is 4.30. The van der Waals surface area contributed by atoms with Crippen LogP contribution in [-0.4, -0.2) is 24.9 Å². The number of hydrogen-bond acceptors (Lipinski definition) is 3. The fourth-order valence-electron chi connectivity index (χ4n) is 2.19. The first kappa shape index (κ1) is 16.1. The number of hydrogen-bond donors (Lipinski definition) is 0. The van der Waals surface area contributed by atoms with E-state index in [-0.39, 0.29) is 18.3 Å². The van der Waals surface area contributed by atoms with Crippen LogP contribution in [0.2, 0.25) is 0 Å². The number of benzene rings is 1. The lowest BCUT2D eigenvalue weighted by Gasteiger charge is -2.32. The van der Waals surface area contributed by atoms with Gasteiger partial charge in [-0.05, 0) is 58.6 Å². The Morgan fingerprint density at radius 1 is 1.14 bits per heavy atom. The molecule has 3 nitrogen and oxygen atoms in total. The number of aryl methyl sites for hydroxylation is 1. The molecule has 1 aromatic rings. The highest BCUT2D eigenvalue weighted by atomic mass is 16.7. The highest BCUT2D eigenvalue weighted by Crippen LogP contribution is 2.36. The van der Waals surface area contributed by atoms with Gasteiger partial charge in [0, 0.05) is 0 Å². The van der Waals surface area contributed by atoms with Crippen LogP contribution in [0.3, 0.4) is 0 Å². The van der Waals surface area contributed by atoms with Crippen LogP contribution in [-0.2, 0) is 9.31 Å². The van der Waals surface area contributed by atoms with Crippen molar-refractivity contribution in [1.29, 1.82) is 0 Å². The van der Waals surface area contributed by atoms with E-state index in [1.54, 1.807) is 0 Å². The Balaban J connectivity index is 2.14. The molecule has 4 heteroatoms. The average Bonchev–Trinajstić information content (AvgIpc) is 2.60. The van der Waals surface area contributed by atoms with Crippen LogP contribution < -0.4 is 10.2 Å². The molecular formula is C17H25BO3. The minimum atomic E-state index is -0.321. The topological polar surface area (TPSA) is 27.7 Å². The van der Waals surface area contributed by atoms with Gasteiger partial charge < -0.3 is 14.0 Å². The smallest absolute Gasteiger partial charge is 0.489 e. The summed E-state index contributed by atoms with van der Waals surface area (Å²) in [6, 6.07) is 6.08. The SMILES string of the molecule is CC=CCOc1ccc(B2OC(C)(C)C(C)(C)O2)cc1C. The Morgan fingerprint density at radius 2 is 1.76 bits per heavy atom. The molecule has 1 aliphatic heterocycles. The highest BCUT2D eigenvalue weighted by Gasteiger charge is 2.51. The lowest BCUT2D eigenvalue weighted by atomic mass is 9.78. The summed E-state index contributed by atoms with van der Waals surface area (Å²) in [5.74, 6) is 0.897. The van der Waals surface area contributed by atoms with Gasteiger partial charge in [0.1, 0.15) is 12.4 Å². The standard InChI is InChI=1S/C17H25BO3/c1-7-8-11-19-15-10-9-14(12-13(15)2)18-20-16(3,4)17(5,6)21-18/h7-10,12H,11H2,1-6H3. The largest absolute Gasteiger partial charge is 0.494 e. The van der Waals surface area contributed by atoms with E-state index in [1.807, 2.05) is 38.1 Å². The molecule has 0 bridgehead atoms. The average molecular weight is 288 g/mol. The molecular weight excluding hydrogens is 263 g/mol. The molecule has 1 aromatic carbocycles. The zero-order chi connectivity index (χ0) is 15.7. The van der Waals surface area contributed by atoms with Crippen LogP contribution in [0.15, 0.2) is 30.4 Å². The van der Waals surface area contributed by atoms with Crippen molar-refractivity contribution in [2.45, 2.75) is 52.7 Å². The predicted octanol–water partition coefficient (Wildman–Crippen LogP) is 3.25. The second-order valence-corrected chi connectivity index (χ2v) is 6.49. The highest BCUT2D eigenvalue weighted by molar-refractivity contribution is 6.62. The maximum absolute atomic E-state index is 6.07. The molecule has 2 rings (SSSR count). The molecule has 1 aliphatic rings. The maximum Gasteiger partial charge on any atom is 0.494 e. The van der Waals surface area contributed by atoms with E-state index in [4.69, 9.17) is 14.0 Å². The van der Waals surface area contributed by atoms with Gasteiger partial charge in [-0.1, -0.05) is 24.3 Å². The van der Waals surface area contributed by atoms with Gasteiger partial charge in [-0.2, -0.15) is 0 Å². The zero-order valence-corrected chi connectivity index (χ0v) is 13.9. The molecule has 0 unspecified atom stereocenters. The molecule has 1 fully saturated rings. The van der Waals surface area contributed by atoms with Crippen molar-refractivity contribution in [2.24, 2.45) is 0 Å². The fraction of sp³-hybridized carbons (Fsp3) is 0.529. The minimum absolute atomic E-state index is 0.313. The number of allylic oxidation sites excluding steroid dienone is 1. The van der Waals surface area contributed by atoms with Crippen LogP contribution in [0.5, 0.6) is 5.75 Å². The molecule has 0 aliphatic carbocycles. The first-order valence-corrected chi connectivity index (χ1v) is 7.47. The lowest BCUT2D eigenvalue weighted by Crippen LogP contribution is -2.41. The Labute approximate surface area is 128 Å². The lowest BCUT2D eigenvalue weighted by molar-refractivity contribution is 0.00578. The fourth-order valence-corrected chi connectivity index (χ4v) is 2.19. The number of ether oxygens (including phenoxy) is 1. The molecule has 0 N–H and O–H groups in total. The van der Waals surface area contributed by atoms with Gasteiger partial charge in [-0.15, -0.1) is 0 Å². The van der Waals surface area contributed by atoms with Gasteiger partial charge in [-0.3, -0.25) is 0 Å². The zero-order valence-electron chi connectivity index (χ0n) is 13.9. The summed E-state index contributed by atoms with van der Waals surface area (Å²) < 4.78 is 17.8. The molecule has 0 atom stereocenters. The molecule has 0 amide bonds. The van der Waals surface area contributed by atoms with Gasteiger partial charge >= 0.3 is 7.12 Å². The summed E-state index contributed by atoms with van der Waals surface area (Å²) in [6.45, 7) is 12.9. The summed E-state index contributed by atoms with van der Waals surface area (Å²) in [6.07, 6.45) is 3.97. The van der Waals surface area contributed by atoms with E-state index in [2.05, 4.69) is 33.8 Å².